The fourth-order valence-corrected chi connectivity index (χ4v) is 3.73. The maximum Gasteiger partial charge on any atom is 0.337 e. The number of aromatic nitrogens is 2. The van der Waals surface area contributed by atoms with Crippen LogP contribution in [-0.4, -0.2) is 23.0 Å². The second kappa shape index (κ2) is 6.48. The van der Waals surface area contributed by atoms with E-state index in [-0.39, 0.29) is 5.97 Å². The lowest BCUT2D eigenvalue weighted by molar-refractivity contribution is 0.0600. The van der Waals surface area contributed by atoms with Gasteiger partial charge in [-0.05, 0) is 43.9 Å². The Morgan fingerprint density at radius 2 is 2.00 bits per heavy atom. The highest BCUT2D eigenvalue weighted by atomic mass is 32.2. The third-order valence-corrected chi connectivity index (χ3v) is 4.85. The lowest BCUT2D eigenvalue weighted by atomic mass is 10.1. The van der Waals surface area contributed by atoms with E-state index >= 15 is 0 Å². The van der Waals surface area contributed by atoms with Crippen molar-refractivity contribution in [2.45, 2.75) is 37.0 Å². The molecular formula is C17H18N2O2S. The molecule has 1 aromatic heterocycles. The highest BCUT2D eigenvalue weighted by Gasteiger charge is 2.18. The first-order valence-electron chi connectivity index (χ1n) is 7.34. The average molecular weight is 314 g/mol. The summed E-state index contributed by atoms with van der Waals surface area (Å²) in [6.07, 6.45) is 3.33. The lowest BCUT2D eigenvalue weighted by Crippen LogP contribution is -2.01. The predicted molar refractivity (Wildman–Crippen MR) is 86.1 cm³/mol. The molecule has 4 nitrogen and oxygen atoms in total. The van der Waals surface area contributed by atoms with E-state index in [9.17, 15) is 4.79 Å². The molecule has 0 bridgehead atoms. The Hall–Kier alpha value is -1.88. The van der Waals surface area contributed by atoms with Crippen LogP contribution in [0.4, 0.5) is 0 Å². The predicted octanol–water partition coefficient (Wildman–Crippen LogP) is 3.35. The molecule has 0 spiro atoms. The molecule has 114 valence electrons. The molecule has 0 unspecified atom stereocenters. The standard InChI is InChI=1S/C17H18N2O2S/c1-11-18-15-5-3-4-14(15)16(19-11)22-10-12-6-8-13(9-7-12)17(20)21-2/h6-9H,3-5,10H2,1-2H3. The molecule has 1 aromatic carbocycles. The monoisotopic (exact) mass is 314 g/mol. The first-order valence-corrected chi connectivity index (χ1v) is 8.32. The number of fused-ring (bicyclic) bond motifs is 1. The van der Waals surface area contributed by atoms with Crippen LogP contribution in [0.3, 0.4) is 0 Å². The molecule has 3 rings (SSSR count). The van der Waals surface area contributed by atoms with Crippen molar-refractivity contribution < 1.29 is 9.53 Å². The first kappa shape index (κ1) is 15.0. The Kier molecular flexibility index (Phi) is 4.43. The van der Waals surface area contributed by atoms with Gasteiger partial charge in [-0.15, -0.1) is 11.8 Å². The van der Waals surface area contributed by atoms with Crippen molar-refractivity contribution >= 4 is 17.7 Å². The van der Waals surface area contributed by atoms with Crippen LogP contribution in [0.2, 0.25) is 0 Å². The molecule has 0 radical (unpaired) electrons. The van der Waals surface area contributed by atoms with Gasteiger partial charge in [-0.1, -0.05) is 12.1 Å². The van der Waals surface area contributed by atoms with E-state index < -0.39 is 0 Å². The summed E-state index contributed by atoms with van der Waals surface area (Å²) in [6.45, 7) is 1.95. The molecule has 1 aliphatic rings. The molecule has 0 atom stereocenters. The number of methoxy groups -OCH3 is 1. The van der Waals surface area contributed by atoms with E-state index in [0.717, 1.165) is 29.4 Å². The van der Waals surface area contributed by atoms with Crippen LogP contribution >= 0.6 is 11.8 Å². The summed E-state index contributed by atoms with van der Waals surface area (Å²) < 4.78 is 4.71. The summed E-state index contributed by atoms with van der Waals surface area (Å²) in [5.74, 6) is 1.39. The van der Waals surface area contributed by atoms with Crippen molar-refractivity contribution in [3.8, 4) is 0 Å². The van der Waals surface area contributed by atoms with Gasteiger partial charge in [0.2, 0.25) is 0 Å². The van der Waals surface area contributed by atoms with E-state index in [2.05, 4.69) is 9.97 Å². The molecule has 2 aromatic rings. The van der Waals surface area contributed by atoms with Crippen LogP contribution in [0.15, 0.2) is 29.3 Å². The number of carbonyl (C=O) groups excluding carboxylic acids is 1. The molecule has 0 N–H and O–H groups in total. The Labute approximate surface area is 134 Å². The number of hydrogen-bond donors (Lipinski definition) is 0. The minimum absolute atomic E-state index is 0.302. The average Bonchev–Trinajstić information content (AvgIpc) is 3.00. The van der Waals surface area contributed by atoms with Gasteiger partial charge in [0, 0.05) is 17.0 Å². The molecule has 0 fully saturated rings. The van der Waals surface area contributed by atoms with Gasteiger partial charge >= 0.3 is 5.97 Å². The molecule has 0 saturated carbocycles. The van der Waals surface area contributed by atoms with Gasteiger partial charge in [0.25, 0.3) is 0 Å². The zero-order valence-electron chi connectivity index (χ0n) is 12.8. The number of aryl methyl sites for hydroxylation is 2. The summed E-state index contributed by atoms with van der Waals surface area (Å²) in [5.41, 5.74) is 4.29. The van der Waals surface area contributed by atoms with Crippen LogP contribution in [0, 0.1) is 6.92 Å². The van der Waals surface area contributed by atoms with Crippen LogP contribution in [0.5, 0.6) is 0 Å². The number of rotatable bonds is 4. The smallest absolute Gasteiger partial charge is 0.337 e. The third-order valence-electron chi connectivity index (χ3n) is 3.76. The molecule has 1 aliphatic carbocycles. The summed E-state index contributed by atoms with van der Waals surface area (Å²) in [5, 5.41) is 1.11. The van der Waals surface area contributed by atoms with Crippen molar-refractivity contribution in [1.82, 2.24) is 9.97 Å². The Balaban J connectivity index is 1.72. The number of carbonyl (C=O) groups is 1. The number of esters is 1. The first-order chi connectivity index (χ1) is 10.7. The highest BCUT2D eigenvalue weighted by Crippen LogP contribution is 2.31. The summed E-state index contributed by atoms with van der Waals surface area (Å²) >= 11 is 1.75. The minimum Gasteiger partial charge on any atom is -0.465 e. The van der Waals surface area contributed by atoms with Gasteiger partial charge in [-0.3, -0.25) is 0 Å². The number of ether oxygens (including phenoxy) is 1. The van der Waals surface area contributed by atoms with Crippen molar-refractivity contribution in [1.29, 1.82) is 0 Å². The van der Waals surface area contributed by atoms with E-state index in [1.54, 1.807) is 23.9 Å². The molecule has 5 heteroatoms. The Morgan fingerprint density at radius 3 is 2.73 bits per heavy atom. The summed E-state index contributed by atoms with van der Waals surface area (Å²) in [6, 6.07) is 7.54. The van der Waals surface area contributed by atoms with Crippen LogP contribution in [0.1, 0.15) is 39.4 Å². The van der Waals surface area contributed by atoms with Gasteiger partial charge in [-0.25, -0.2) is 14.8 Å². The maximum absolute atomic E-state index is 11.4. The summed E-state index contributed by atoms with van der Waals surface area (Å²) in [7, 11) is 1.39. The Morgan fingerprint density at radius 1 is 1.23 bits per heavy atom. The minimum atomic E-state index is -0.302. The topological polar surface area (TPSA) is 52.1 Å². The van der Waals surface area contributed by atoms with E-state index in [1.165, 1.54) is 30.4 Å². The zero-order valence-corrected chi connectivity index (χ0v) is 13.6. The molecule has 0 aliphatic heterocycles. The summed E-state index contributed by atoms with van der Waals surface area (Å²) in [4.78, 5) is 20.6. The Bertz CT molecular complexity index is 699. The fraction of sp³-hybridized carbons (Fsp3) is 0.353. The quantitative estimate of drug-likeness (QED) is 0.492. The van der Waals surface area contributed by atoms with Gasteiger partial charge in [0.15, 0.2) is 0 Å². The van der Waals surface area contributed by atoms with Crippen molar-refractivity contribution in [2.24, 2.45) is 0 Å². The van der Waals surface area contributed by atoms with Gasteiger partial charge in [-0.2, -0.15) is 0 Å². The molecule has 1 heterocycles. The van der Waals surface area contributed by atoms with Crippen molar-refractivity contribution in [2.75, 3.05) is 7.11 Å². The number of thioether (sulfide) groups is 1. The molecule has 0 saturated heterocycles. The van der Waals surface area contributed by atoms with Crippen LogP contribution < -0.4 is 0 Å². The highest BCUT2D eigenvalue weighted by molar-refractivity contribution is 7.98. The van der Waals surface area contributed by atoms with E-state index in [4.69, 9.17) is 4.74 Å². The van der Waals surface area contributed by atoms with Crippen LogP contribution in [-0.2, 0) is 23.3 Å². The zero-order chi connectivity index (χ0) is 15.5. The normalized spacial score (nSPS) is 13.0. The molecular weight excluding hydrogens is 296 g/mol. The number of hydrogen-bond acceptors (Lipinski definition) is 5. The van der Waals surface area contributed by atoms with Gasteiger partial charge in [0.1, 0.15) is 10.9 Å². The van der Waals surface area contributed by atoms with Crippen LogP contribution in [0.25, 0.3) is 0 Å². The SMILES string of the molecule is COC(=O)c1ccc(CSc2nc(C)nc3c2CCC3)cc1. The van der Waals surface area contributed by atoms with Gasteiger partial charge < -0.3 is 4.74 Å². The van der Waals surface area contributed by atoms with E-state index in [0.29, 0.717) is 5.56 Å². The molecule has 22 heavy (non-hydrogen) atoms. The number of nitrogens with zero attached hydrogens (tertiary/aromatic N) is 2. The maximum atomic E-state index is 11.4. The van der Waals surface area contributed by atoms with E-state index in [1.807, 2.05) is 19.1 Å². The molecule has 0 amide bonds. The van der Waals surface area contributed by atoms with Crippen molar-refractivity contribution in [3.05, 3.63) is 52.5 Å². The second-order valence-electron chi connectivity index (χ2n) is 5.33. The second-order valence-corrected chi connectivity index (χ2v) is 6.30. The number of benzene rings is 1. The fourth-order valence-electron chi connectivity index (χ4n) is 2.64. The van der Waals surface area contributed by atoms with Crippen molar-refractivity contribution in [3.63, 3.8) is 0 Å². The third kappa shape index (κ3) is 3.14. The largest absolute Gasteiger partial charge is 0.465 e. The lowest BCUT2D eigenvalue weighted by Gasteiger charge is -2.08. The van der Waals surface area contributed by atoms with Gasteiger partial charge in [0.05, 0.1) is 12.7 Å².